The van der Waals surface area contributed by atoms with E-state index >= 15 is 0 Å². The normalized spacial score (nSPS) is 12.1. The van der Waals surface area contributed by atoms with Crippen molar-refractivity contribution in [3.8, 4) is 5.75 Å². The Morgan fingerprint density at radius 1 is 1.05 bits per heavy atom. The van der Waals surface area contributed by atoms with Crippen LogP contribution < -0.4 is 0 Å². The van der Waals surface area contributed by atoms with E-state index in [4.69, 9.17) is 0 Å². The molecule has 3 heteroatoms. The summed E-state index contributed by atoms with van der Waals surface area (Å²) in [5, 5.41) is 19.3. The molecule has 19 heavy (non-hydrogen) atoms. The molecule has 0 aliphatic heterocycles. The molecule has 1 unspecified atom stereocenters. The van der Waals surface area contributed by atoms with Crippen molar-refractivity contribution in [1.29, 1.82) is 0 Å². The molecule has 0 aliphatic carbocycles. The number of hydrogen-bond acceptors (Lipinski definition) is 3. The fourth-order valence-corrected chi connectivity index (χ4v) is 1.96. The number of Topliss-reactive ketones (excluding diaryl/α,β-unsaturated/α-hetero) is 1. The molecular formula is C16H16O3. The molecule has 2 aromatic carbocycles. The number of carbonyl (C=O) groups excluding carboxylic acids is 1. The van der Waals surface area contributed by atoms with Crippen LogP contribution in [0.2, 0.25) is 0 Å². The number of rotatable bonds is 5. The first kappa shape index (κ1) is 13.3. The number of aromatic hydroxyl groups is 1. The Hall–Kier alpha value is -2.13. The smallest absolute Gasteiger partial charge is 0.140 e. The second-order valence-electron chi connectivity index (χ2n) is 4.52. The Labute approximate surface area is 112 Å². The zero-order valence-electron chi connectivity index (χ0n) is 10.5. The van der Waals surface area contributed by atoms with Gasteiger partial charge >= 0.3 is 0 Å². The minimum absolute atomic E-state index is 0.0259. The van der Waals surface area contributed by atoms with Crippen molar-refractivity contribution in [3.05, 3.63) is 65.7 Å². The predicted molar refractivity (Wildman–Crippen MR) is 72.8 cm³/mol. The van der Waals surface area contributed by atoms with E-state index < -0.39 is 6.10 Å². The van der Waals surface area contributed by atoms with E-state index in [0.29, 0.717) is 12.0 Å². The first-order valence-electron chi connectivity index (χ1n) is 6.18. The van der Waals surface area contributed by atoms with Crippen LogP contribution >= 0.6 is 0 Å². The van der Waals surface area contributed by atoms with Gasteiger partial charge in [0.25, 0.3) is 0 Å². The lowest BCUT2D eigenvalue weighted by Gasteiger charge is -2.10. The van der Waals surface area contributed by atoms with Gasteiger partial charge < -0.3 is 10.2 Å². The van der Waals surface area contributed by atoms with E-state index in [1.54, 1.807) is 12.1 Å². The maximum absolute atomic E-state index is 11.9. The van der Waals surface area contributed by atoms with Gasteiger partial charge in [-0.3, -0.25) is 4.79 Å². The Morgan fingerprint density at radius 3 is 2.47 bits per heavy atom. The molecule has 1 atom stereocenters. The summed E-state index contributed by atoms with van der Waals surface area (Å²) >= 11 is 0. The Balaban J connectivity index is 1.95. The first-order valence-corrected chi connectivity index (χ1v) is 6.18. The van der Waals surface area contributed by atoms with Gasteiger partial charge in [0, 0.05) is 12.8 Å². The van der Waals surface area contributed by atoms with Gasteiger partial charge in [-0.15, -0.1) is 0 Å². The maximum atomic E-state index is 11.9. The highest BCUT2D eigenvalue weighted by Crippen LogP contribution is 2.21. The Morgan fingerprint density at radius 2 is 1.79 bits per heavy atom. The topological polar surface area (TPSA) is 57.5 Å². The molecule has 2 rings (SSSR count). The van der Waals surface area contributed by atoms with Crippen LogP contribution in [-0.4, -0.2) is 16.0 Å². The third-order valence-electron chi connectivity index (χ3n) is 2.92. The third-order valence-corrected chi connectivity index (χ3v) is 2.92. The number of hydrogen-bond donors (Lipinski definition) is 2. The molecule has 0 bridgehead atoms. The molecule has 2 N–H and O–H groups in total. The van der Waals surface area contributed by atoms with Crippen LogP contribution in [0.4, 0.5) is 0 Å². The highest BCUT2D eigenvalue weighted by atomic mass is 16.3. The van der Waals surface area contributed by atoms with Gasteiger partial charge in [0.05, 0.1) is 6.10 Å². The van der Waals surface area contributed by atoms with Crippen LogP contribution in [0.1, 0.15) is 23.7 Å². The summed E-state index contributed by atoms with van der Waals surface area (Å²) in [4.78, 5) is 11.9. The predicted octanol–water partition coefficient (Wildman–Crippen LogP) is 2.63. The summed E-state index contributed by atoms with van der Waals surface area (Å²) in [6.45, 7) is 0. The van der Waals surface area contributed by atoms with E-state index in [1.807, 2.05) is 30.3 Å². The number of phenolic OH excluding ortho intramolecular Hbond substituents is 1. The summed E-state index contributed by atoms with van der Waals surface area (Å²) in [6.07, 6.45) is -0.502. The van der Waals surface area contributed by atoms with Crippen LogP contribution in [0.5, 0.6) is 5.75 Å². The van der Waals surface area contributed by atoms with Gasteiger partial charge in [-0.05, 0) is 23.3 Å². The van der Waals surface area contributed by atoms with Crippen LogP contribution in [0.15, 0.2) is 54.6 Å². The van der Waals surface area contributed by atoms with Crippen molar-refractivity contribution in [1.82, 2.24) is 0 Å². The summed E-state index contributed by atoms with van der Waals surface area (Å²) in [5.74, 6) is 0.0640. The van der Waals surface area contributed by atoms with Gasteiger partial charge in [0.15, 0.2) is 0 Å². The van der Waals surface area contributed by atoms with Crippen LogP contribution in [0, 0.1) is 0 Å². The van der Waals surface area contributed by atoms with Gasteiger partial charge in [-0.2, -0.15) is 0 Å². The first-order chi connectivity index (χ1) is 9.15. The average Bonchev–Trinajstić information content (AvgIpc) is 2.39. The molecule has 0 saturated heterocycles. The Kier molecular flexibility index (Phi) is 4.31. The summed E-state index contributed by atoms with van der Waals surface area (Å²) < 4.78 is 0. The molecule has 0 saturated carbocycles. The van der Waals surface area contributed by atoms with Crippen molar-refractivity contribution in [2.45, 2.75) is 18.9 Å². The highest BCUT2D eigenvalue weighted by molar-refractivity contribution is 5.81. The Bertz CT molecular complexity index is 549. The fraction of sp³-hybridized carbons (Fsp3) is 0.188. The molecule has 0 spiro atoms. The van der Waals surface area contributed by atoms with Crippen LogP contribution in [-0.2, 0) is 11.2 Å². The summed E-state index contributed by atoms with van der Waals surface area (Å²) in [5.41, 5.74) is 1.50. The zero-order chi connectivity index (χ0) is 13.7. The van der Waals surface area contributed by atoms with E-state index in [-0.39, 0.29) is 18.0 Å². The zero-order valence-corrected chi connectivity index (χ0v) is 10.5. The number of aliphatic hydroxyl groups is 1. The van der Waals surface area contributed by atoms with Gasteiger partial charge in [-0.25, -0.2) is 0 Å². The summed E-state index contributed by atoms with van der Waals surface area (Å²) in [6, 6.07) is 15.8. The number of ketones is 1. The van der Waals surface area contributed by atoms with Crippen molar-refractivity contribution in [2.24, 2.45) is 0 Å². The molecule has 0 radical (unpaired) electrons. The van der Waals surface area contributed by atoms with Gasteiger partial charge in [0.1, 0.15) is 11.5 Å². The van der Waals surface area contributed by atoms with E-state index in [1.165, 1.54) is 12.1 Å². The largest absolute Gasteiger partial charge is 0.508 e. The minimum atomic E-state index is -0.872. The second-order valence-corrected chi connectivity index (χ2v) is 4.52. The molecular weight excluding hydrogens is 240 g/mol. The fourth-order valence-electron chi connectivity index (χ4n) is 1.96. The monoisotopic (exact) mass is 256 g/mol. The standard InChI is InChI=1S/C16H16O3/c17-14-8-4-7-13(10-14)16(19)11-15(18)9-12-5-2-1-3-6-12/h1-8,10,16-17,19H,9,11H2. The molecule has 3 nitrogen and oxygen atoms in total. The second kappa shape index (κ2) is 6.16. The van der Waals surface area contributed by atoms with Crippen molar-refractivity contribution in [2.75, 3.05) is 0 Å². The molecule has 0 aromatic heterocycles. The van der Waals surface area contributed by atoms with Crippen LogP contribution in [0.3, 0.4) is 0 Å². The average molecular weight is 256 g/mol. The lowest BCUT2D eigenvalue weighted by molar-refractivity contribution is -0.120. The third kappa shape index (κ3) is 3.93. The van der Waals surface area contributed by atoms with E-state index in [2.05, 4.69) is 0 Å². The SMILES string of the molecule is O=C(Cc1ccccc1)CC(O)c1cccc(O)c1. The molecule has 98 valence electrons. The van der Waals surface area contributed by atoms with Crippen molar-refractivity contribution < 1.29 is 15.0 Å². The van der Waals surface area contributed by atoms with E-state index in [0.717, 1.165) is 5.56 Å². The van der Waals surface area contributed by atoms with E-state index in [9.17, 15) is 15.0 Å². The number of carbonyl (C=O) groups is 1. The molecule has 2 aromatic rings. The van der Waals surface area contributed by atoms with Crippen molar-refractivity contribution >= 4 is 5.78 Å². The van der Waals surface area contributed by atoms with Crippen LogP contribution in [0.25, 0.3) is 0 Å². The maximum Gasteiger partial charge on any atom is 0.140 e. The quantitative estimate of drug-likeness (QED) is 0.864. The van der Waals surface area contributed by atoms with Gasteiger partial charge in [-0.1, -0.05) is 42.5 Å². The lowest BCUT2D eigenvalue weighted by atomic mass is 10.00. The molecule has 0 aliphatic rings. The highest BCUT2D eigenvalue weighted by Gasteiger charge is 2.13. The van der Waals surface area contributed by atoms with Gasteiger partial charge in [0.2, 0.25) is 0 Å². The number of aliphatic hydroxyl groups excluding tert-OH is 1. The summed E-state index contributed by atoms with van der Waals surface area (Å²) in [7, 11) is 0. The minimum Gasteiger partial charge on any atom is -0.508 e. The molecule has 0 heterocycles. The molecule has 0 fully saturated rings. The van der Waals surface area contributed by atoms with Crippen molar-refractivity contribution in [3.63, 3.8) is 0 Å². The molecule has 0 amide bonds. The lowest BCUT2D eigenvalue weighted by Crippen LogP contribution is -2.09. The number of phenols is 1. The number of benzene rings is 2.